The molecule has 0 aromatic heterocycles. The van der Waals surface area contributed by atoms with Gasteiger partial charge < -0.3 is 20.4 Å². The summed E-state index contributed by atoms with van der Waals surface area (Å²) in [4.78, 5) is 20.9. The van der Waals surface area contributed by atoms with E-state index in [4.69, 9.17) is 0 Å². The largest absolute Gasteiger partial charge is 0.356 e. The number of hydrogen-bond donors (Lipinski definition) is 2. The van der Waals surface area contributed by atoms with Crippen LogP contribution in [0.3, 0.4) is 0 Å². The predicted molar refractivity (Wildman–Crippen MR) is 111 cm³/mol. The lowest BCUT2D eigenvalue weighted by atomic mass is 9.84. The molecule has 1 aliphatic carbocycles. The molecule has 0 unspecified atom stereocenters. The van der Waals surface area contributed by atoms with Crippen molar-refractivity contribution in [3.05, 3.63) is 0 Å². The van der Waals surface area contributed by atoms with Crippen LogP contribution in [0.25, 0.3) is 0 Å². The van der Waals surface area contributed by atoms with Crippen molar-refractivity contribution in [3.63, 3.8) is 0 Å². The maximum absolute atomic E-state index is 12.6. The summed E-state index contributed by atoms with van der Waals surface area (Å²) in [5.74, 6) is 1.06. The van der Waals surface area contributed by atoms with E-state index in [0.29, 0.717) is 6.54 Å². The smallest absolute Gasteiger partial charge is 0.230 e. The van der Waals surface area contributed by atoms with Crippen molar-refractivity contribution in [2.75, 3.05) is 54.9 Å². The lowest BCUT2D eigenvalue weighted by Crippen LogP contribution is -2.49. The molecule has 1 saturated carbocycles. The van der Waals surface area contributed by atoms with Gasteiger partial charge in [-0.2, -0.15) is 0 Å². The van der Waals surface area contributed by atoms with Crippen LogP contribution in [0.1, 0.15) is 57.8 Å². The molecule has 0 aliphatic heterocycles. The summed E-state index contributed by atoms with van der Waals surface area (Å²) < 4.78 is 0. The number of hydrogen-bond acceptors (Lipinski definition) is 3. The molecule has 1 fully saturated rings. The number of unbranched alkanes of at least 4 members (excludes halogenated alkanes) is 4. The van der Waals surface area contributed by atoms with E-state index in [9.17, 15) is 4.79 Å². The van der Waals surface area contributed by atoms with Gasteiger partial charge >= 0.3 is 0 Å². The van der Waals surface area contributed by atoms with Crippen molar-refractivity contribution in [3.8, 4) is 0 Å². The Bertz CT molecular complexity index is 428. The SMILES string of the molecule is CN=C(NCCCCCCCN(C)C)NCC1(C(=O)N(C)C)CCCC1. The first kappa shape index (κ1) is 22.7. The molecule has 26 heavy (non-hydrogen) atoms. The monoisotopic (exact) mass is 367 g/mol. The number of amides is 1. The van der Waals surface area contributed by atoms with E-state index < -0.39 is 0 Å². The van der Waals surface area contributed by atoms with Gasteiger partial charge in [-0.1, -0.05) is 32.1 Å². The minimum Gasteiger partial charge on any atom is -0.356 e. The molecule has 0 bridgehead atoms. The lowest BCUT2D eigenvalue weighted by Gasteiger charge is -2.31. The second kappa shape index (κ2) is 12.2. The summed E-state index contributed by atoms with van der Waals surface area (Å²) in [7, 11) is 9.77. The Balaban J connectivity index is 2.25. The Morgan fingerprint density at radius 2 is 1.58 bits per heavy atom. The number of nitrogens with zero attached hydrogens (tertiary/aromatic N) is 3. The molecule has 0 aromatic rings. The van der Waals surface area contributed by atoms with Gasteiger partial charge in [0, 0.05) is 34.2 Å². The van der Waals surface area contributed by atoms with Gasteiger partial charge in [0.2, 0.25) is 5.91 Å². The standard InChI is InChI=1S/C20H41N5O/c1-21-19(22-15-11-7-6-8-12-16-24(2)3)23-17-20(13-9-10-14-20)18(26)25(4)5/h6-17H2,1-5H3,(H2,21,22,23). The number of carbonyl (C=O) groups is 1. The molecule has 1 aliphatic rings. The Morgan fingerprint density at radius 3 is 2.15 bits per heavy atom. The first-order chi connectivity index (χ1) is 12.4. The van der Waals surface area contributed by atoms with E-state index >= 15 is 0 Å². The van der Waals surface area contributed by atoms with Crippen LogP contribution in [-0.2, 0) is 4.79 Å². The topological polar surface area (TPSA) is 60.0 Å². The molecular formula is C20H41N5O. The van der Waals surface area contributed by atoms with Gasteiger partial charge in [-0.3, -0.25) is 9.79 Å². The van der Waals surface area contributed by atoms with Crippen molar-refractivity contribution < 1.29 is 4.79 Å². The number of nitrogens with one attached hydrogen (secondary N) is 2. The molecule has 0 heterocycles. The van der Waals surface area contributed by atoms with E-state index in [1.807, 2.05) is 14.1 Å². The third kappa shape index (κ3) is 7.94. The van der Waals surface area contributed by atoms with Gasteiger partial charge in [0.25, 0.3) is 0 Å². The van der Waals surface area contributed by atoms with Crippen molar-refractivity contribution >= 4 is 11.9 Å². The highest BCUT2D eigenvalue weighted by Crippen LogP contribution is 2.38. The third-order valence-corrected chi connectivity index (χ3v) is 5.31. The van der Waals surface area contributed by atoms with Crippen LogP contribution in [0.15, 0.2) is 4.99 Å². The van der Waals surface area contributed by atoms with E-state index in [1.165, 1.54) is 32.2 Å². The fourth-order valence-corrected chi connectivity index (χ4v) is 3.76. The highest BCUT2D eigenvalue weighted by molar-refractivity contribution is 5.85. The maximum Gasteiger partial charge on any atom is 0.230 e. The van der Waals surface area contributed by atoms with Crippen LogP contribution in [0, 0.1) is 5.41 Å². The first-order valence-electron chi connectivity index (χ1n) is 10.2. The molecule has 6 nitrogen and oxygen atoms in total. The summed E-state index contributed by atoms with van der Waals surface area (Å²) in [6.45, 7) is 2.79. The number of aliphatic imine (C=N–C) groups is 1. The molecule has 0 saturated heterocycles. The third-order valence-electron chi connectivity index (χ3n) is 5.31. The first-order valence-corrected chi connectivity index (χ1v) is 10.2. The molecule has 0 radical (unpaired) electrons. The van der Waals surface area contributed by atoms with E-state index in [0.717, 1.165) is 44.6 Å². The van der Waals surface area contributed by atoms with Gasteiger partial charge in [0.15, 0.2) is 5.96 Å². The molecule has 0 spiro atoms. The molecule has 1 rings (SSSR count). The Labute approximate surface area is 160 Å². The van der Waals surface area contributed by atoms with Crippen LogP contribution >= 0.6 is 0 Å². The average Bonchev–Trinajstić information content (AvgIpc) is 3.08. The molecule has 1 amide bonds. The fourth-order valence-electron chi connectivity index (χ4n) is 3.76. The van der Waals surface area contributed by atoms with Gasteiger partial charge in [-0.25, -0.2) is 0 Å². The van der Waals surface area contributed by atoms with Crippen LogP contribution in [-0.4, -0.2) is 76.5 Å². The maximum atomic E-state index is 12.6. The van der Waals surface area contributed by atoms with E-state index in [-0.39, 0.29) is 11.3 Å². The Hall–Kier alpha value is -1.30. The van der Waals surface area contributed by atoms with Crippen molar-refractivity contribution in [2.45, 2.75) is 57.8 Å². The lowest BCUT2D eigenvalue weighted by molar-refractivity contribution is -0.138. The Kier molecular flexibility index (Phi) is 10.6. The number of carbonyl (C=O) groups excluding carboxylic acids is 1. The minimum absolute atomic E-state index is 0.246. The predicted octanol–water partition coefficient (Wildman–Crippen LogP) is 2.31. The second-order valence-corrected chi connectivity index (χ2v) is 8.11. The molecule has 2 N–H and O–H groups in total. The number of guanidine groups is 1. The zero-order chi connectivity index (χ0) is 19.4. The van der Waals surface area contributed by atoms with Gasteiger partial charge in [-0.15, -0.1) is 0 Å². The zero-order valence-corrected chi connectivity index (χ0v) is 17.7. The zero-order valence-electron chi connectivity index (χ0n) is 17.7. The highest BCUT2D eigenvalue weighted by Gasteiger charge is 2.42. The van der Waals surface area contributed by atoms with Crippen LogP contribution in [0.5, 0.6) is 0 Å². The normalized spacial score (nSPS) is 16.8. The van der Waals surface area contributed by atoms with E-state index in [2.05, 4.69) is 34.6 Å². The summed E-state index contributed by atoms with van der Waals surface area (Å²) in [5, 5.41) is 6.79. The highest BCUT2D eigenvalue weighted by atomic mass is 16.2. The second-order valence-electron chi connectivity index (χ2n) is 8.11. The van der Waals surface area contributed by atoms with Crippen LogP contribution in [0.2, 0.25) is 0 Å². The van der Waals surface area contributed by atoms with Crippen molar-refractivity contribution in [2.24, 2.45) is 10.4 Å². The van der Waals surface area contributed by atoms with Crippen LogP contribution in [0.4, 0.5) is 0 Å². The summed E-state index contributed by atoms with van der Waals surface area (Å²) in [5.41, 5.74) is -0.256. The van der Waals surface area contributed by atoms with Crippen molar-refractivity contribution in [1.29, 1.82) is 0 Å². The van der Waals surface area contributed by atoms with E-state index in [1.54, 1.807) is 11.9 Å². The Morgan fingerprint density at radius 1 is 0.962 bits per heavy atom. The molecular weight excluding hydrogens is 326 g/mol. The average molecular weight is 368 g/mol. The summed E-state index contributed by atoms with van der Waals surface area (Å²) >= 11 is 0. The van der Waals surface area contributed by atoms with Crippen LogP contribution < -0.4 is 10.6 Å². The molecule has 0 aromatic carbocycles. The summed E-state index contributed by atoms with van der Waals surface area (Å²) in [6.07, 6.45) is 10.5. The molecule has 152 valence electrons. The molecule has 0 atom stereocenters. The van der Waals surface area contributed by atoms with Gasteiger partial charge in [0.05, 0.1) is 5.41 Å². The minimum atomic E-state index is -0.256. The van der Waals surface area contributed by atoms with Gasteiger partial charge in [-0.05, 0) is 46.3 Å². The summed E-state index contributed by atoms with van der Waals surface area (Å²) in [6, 6.07) is 0. The quantitative estimate of drug-likeness (QED) is 0.334. The van der Waals surface area contributed by atoms with Crippen molar-refractivity contribution in [1.82, 2.24) is 20.4 Å². The molecule has 6 heteroatoms. The number of rotatable bonds is 11. The van der Waals surface area contributed by atoms with Gasteiger partial charge in [0.1, 0.15) is 0 Å². The fraction of sp³-hybridized carbons (Fsp3) is 0.900.